The van der Waals surface area contributed by atoms with Crippen LogP contribution < -0.4 is 4.90 Å². The third-order valence-corrected chi connectivity index (χ3v) is 2.63. The number of ether oxygens (including phenoxy) is 1. The topological polar surface area (TPSA) is 12.5 Å². The first kappa shape index (κ1) is 10.2. The minimum absolute atomic E-state index is 0.844. The average molecular weight is 203 g/mol. The van der Waals surface area contributed by atoms with Crippen LogP contribution in [0.5, 0.6) is 0 Å². The maximum absolute atomic E-state index is 5.33. The van der Waals surface area contributed by atoms with Gasteiger partial charge in [0.25, 0.3) is 0 Å². The van der Waals surface area contributed by atoms with Gasteiger partial charge in [-0.05, 0) is 24.6 Å². The number of anilines is 1. The molecule has 0 N–H and O–H groups in total. The molecule has 1 aromatic rings. The Labute approximate surface area is 91.2 Å². The highest BCUT2D eigenvalue weighted by Crippen LogP contribution is 2.17. The lowest BCUT2D eigenvalue weighted by Gasteiger charge is -2.28. The Morgan fingerprint density at radius 1 is 1.13 bits per heavy atom. The second-order valence-corrected chi connectivity index (χ2v) is 3.69. The third-order valence-electron chi connectivity index (χ3n) is 2.63. The molecule has 0 radical (unpaired) electrons. The van der Waals surface area contributed by atoms with Crippen molar-refractivity contribution in [1.82, 2.24) is 0 Å². The first-order valence-corrected chi connectivity index (χ1v) is 5.45. The van der Waals surface area contributed by atoms with Crippen LogP contribution in [0.1, 0.15) is 12.5 Å². The van der Waals surface area contributed by atoms with E-state index in [9.17, 15) is 0 Å². The maximum Gasteiger partial charge on any atom is 0.0642 e. The van der Waals surface area contributed by atoms with Crippen LogP contribution in [0.2, 0.25) is 0 Å². The normalized spacial score (nSPS) is 17.3. The number of hydrogen-bond acceptors (Lipinski definition) is 2. The van der Waals surface area contributed by atoms with Crippen LogP contribution in [-0.4, -0.2) is 26.3 Å². The van der Waals surface area contributed by atoms with E-state index in [1.165, 1.54) is 11.3 Å². The van der Waals surface area contributed by atoms with Crippen molar-refractivity contribution in [2.45, 2.75) is 6.92 Å². The second kappa shape index (κ2) is 4.99. The van der Waals surface area contributed by atoms with Gasteiger partial charge >= 0.3 is 0 Å². The fourth-order valence-electron chi connectivity index (χ4n) is 1.81. The minimum atomic E-state index is 0.844. The molecule has 2 rings (SSSR count). The van der Waals surface area contributed by atoms with Crippen molar-refractivity contribution in [3.63, 3.8) is 0 Å². The van der Waals surface area contributed by atoms with Crippen molar-refractivity contribution in [2.75, 3.05) is 31.2 Å². The average Bonchev–Trinajstić information content (AvgIpc) is 2.32. The molecule has 0 saturated carbocycles. The van der Waals surface area contributed by atoms with Gasteiger partial charge in [-0.15, -0.1) is 0 Å². The van der Waals surface area contributed by atoms with E-state index in [0.29, 0.717) is 0 Å². The SMILES string of the molecule is CC=Cc1ccc(N2CCOCC2)cc1. The van der Waals surface area contributed by atoms with E-state index in [1.54, 1.807) is 0 Å². The van der Waals surface area contributed by atoms with Gasteiger partial charge in [-0.3, -0.25) is 0 Å². The highest BCUT2D eigenvalue weighted by atomic mass is 16.5. The van der Waals surface area contributed by atoms with E-state index in [-0.39, 0.29) is 0 Å². The first-order valence-electron chi connectivity index (χ1n) is 5.45. The Hall–Kier alpha value is -1.28. The molecule has 0 unspecified atom stereocenters. The Kier molecular flexibility index (Phi) is 3.41. The van der Waals surface area contributed by atoms with E-state index in [4.69, 9.17) is 4.74 Å². The van der Waals surface area contributed by atoms with Crippen LogP contribution in [0.15, 0.2) is 30.3 Å². The van der Waals surface area contributed by atoms with Crippen molar-refractivity contribution in [1.29, 1.82) is 0 Å². The van der Waals surface area contributed by atoms with Crippen LogP contribution in [0, 0.1) is 0 Å². The smallest absolute Gasteiger partial charge is 0.0642 e. The molecular formula is C13H17NO. The zero-order valence-electron chi connectivity index (χ0n) is 9.15. The Morgan fingerprint density at radius 3 is 2.40 bits per heavy atom. The van der Waals surface area contributed by atoms with E-state index >= 15 is 0 Å². The summed E-state index contributed by atoms with van der Waals surface area (Å²) in [5.74, 6) is 0. The van der Waals surface area contributed by atoms with Gasteiger partial charge in [0.05, 0.1) is 13.2 Å². The summed E-state index contributed by atoms with van der Waals surface area (Å²) in [6.45, 7) is 5.73. The number of rotatable bonds is 2. The maximum atomic E-state index is 5.33. The van der Waals surface area contributed by atoms with Crippen LogP contribution in [0.3, 0.4) is 0 Å². The summed E-state index contributed by atoms with van der Waals surface area (Å²) in [7, 11) is 0. The highest BCUT2D eigenvalue weighted by Gasteiger charge is 2.10. The van der Waals surface area contributed by atoms with E-state index < -0.39 is 0 Å². The summed E-state index contributed by atoms with van der Waals surface area (Å²) in [5.41, 5.74) is 2.56. The molecule has 0 amide bonds. The summed E-state index contributed by atoms with van der Waals surface area (Å²) in [6, 6.07) is 8.68. The van der Waals surface area contributed by atoms with Crippen LogP contribution >= 0.6 is 0 Å². The lowest BCUT2D eigenvalue weighted by Crippen LogP contribution is -2.36. The molecule has 2 nitrogen and oxygen atoms in total. The fraction of sp³-hybridized carbons (Fsp3) is 0.385. The number of morpholine rings is 1. The lowest BCUT2D eigenvalue weighted by atomic mass is 10.2. The Morgan fingerprint density at radius 2 is 1.80 bits per heavy atom. The molecule has 80 valence electrons. The molecule has 1 aliphatic rings. The predicted molar refractivity (Wildman–Crippen MR) is 64.2 cm³/mol. The van der Waals surface area contributed by atoms with Gasteiger partial charge in [0.2, 0.25) is 0 Å². The lowest BCUT2D eigenvalue weighted by molar-refractivity contribution is 0.122. The quantitative estimate of drug-likeness (QED) is 0.732. The van der Waals surface area contributed by atoms with Gasteiger partial charge in [0, 0.05) is 18.8 Å². The van der Waals surface area contributed by atoms with Gasteiger partial charge in [0.15, 0.2) is 0 Å². The van der Waals surface area contributed by atoms with Gasteiger partial charge in [0.1, 0.15) is 0 Å². The van der Waals surface area contributed by atoms with Gasteiger partial charge in [-0.2, -0.15) is 0 Å². The summed E-state index contributed by atoms with van der Waals surface area (Å²) in [5, 5.41) is 0. The van der Waals surface area contributed by atoms with Gasteiger partial charge < -0.3 is 9.64 Å². The molecule has 1 heterocycles. The second-order valence-electron chi connectivity index (χ2n) is 3.69. The van der Waals surface area contributed by atoms with Crippen molar-refractivity contribution in [3.05, 3.63) is 35.9 Å². The Balaban J connectivity index is 2.08. The zero-order chi connectivity index (χ0) is 10.5. The number of nitrogens with zero attached hydrogens (tertiary/aromatic N) is 1. The predicted octanol–water partition coefficient (Wildman–Crippen LogP) is 2.56. The standard InChI is InChI=1S/C13H17NO/c1-2-3-12-4-6-13(7-5-12)14-8-10-15-11-9-14/h2-7H,8-11H2,1H3. The van der Waals surface area contributed by atoms with Crippen molar-refractivity contribution < 1.29 is 4.74 Å². The van der Waals surface area contributed by atoms with Crippen LogP contribution in [0.4, 0.5) is 5.69 Å². The Bertz CT molecular complexity index is 323. The molecule has 15 heavy (non-hydrogen) atoms. The van der Waals surface area contributed by atoms with E-state index in [0.717, 1.165) is 26.3 Å². The fourth-order valence-corrected chi connectivity index (χ4v) is 1.81. The summed E-state index contributed by atoms with van der Waals surface area (Å²) in [6.07, 6.45) is 4.17. The first-order chi connectivity index (χ1) is 7.40. The summed E-state index contributed by atoms with van der Waals surface area (Å²) >= 11 is 0. The van der Waals surface area contributed by atoms with Gasteiger partial charge in [-0.1, -0.05) is 24.3 Å². The molecule has 2 heteroatoms. The number of benzene rings is 1. The molecule has 0 spiro atoms. The molecule has 0 aliphatic carbocycles. The molecule has 0 aromatic heterocycles. The van der Waals surface area contributed by atoms with Crippen molar-refractivity contribution >= 4 is 11.8 Å². The zero-order valence-corrected chi connectivity index (χ0v) is 9.15. The number of hydrogen-bond donors (Lipinski definition) is 0. The minimum Gasteiger partial charge on any atom is -0.378 e. The highest BCUT2D eigenvalue weighted by molar-refractivity contribution is 5.55. The molecule has 1 fully saturated rings. The molecular weight excluding hydrogens is 186 g/mol. The van der Waals surface area contributed by atoms with Crippen LogP contribution in [0.25, 0.3) is 6.08 Å². The molecule has 0 bridgehead atoms. The van der Waals surface area contributed by atoms with E-state index in [1.807, 2.05) is 6.92 Å². The van der Waals surface area contributed by atoms with Crippen molar-refractivity contribution in [3.8, 4) is 0 Å². The third kappa shape index (κ3) is 2.60. The van der Waals surface area contributed by atoms with Gasteiger partial charge in [-0.25, -0.2) is 0 Å². The molecule has 0 atom stereocenters. The van der Waals surface area contributed by atoms with Crippen LogP contribution in [-0.2, 0) is 4.74 Å². The number of allylic oxidation sites excluding steroid dienone is 1. The molecule has 1 aromatic carbocycles. The largest absolute Gasteiger partial charge is 0.378 e. The molecule has 1 saturated heterocycles. The van der Waals surface area contributed by atoms with E-state index in [2.05, 4.69) is 41.3 Å². The summed E-state index contributed by atoms with van der Waals surface area (Å²) in [4.78, 5) is 2.36. The molecule has 1 aliphatic heterocycles. The van der Waals surface area contributed by atoms with Crippen molar-refractivity contribution in [2.24, 2.45) is 0 Å². The monoisotopic (exact) mass is 203 g/mol. The summed E-state index contributed by atoms with van der Waals surface area (Å²) < 4.78 is 5.33.